The van der Waals surface area contributed by atoms with Crippen LogP contribution in [-0.2, 0) is 13.6 Å². The van der Waals surface area contributed by atoms with Crippen LogP contribution in [0.25, 0.3) is 10.9 Å². The van der Waals surface area contributed by atoms with Gasteiger partial charge in [0.1, 0.15) is 0 Å². The number of rotatable bonds is 4. The first-order chi connectivity index (χ1) is 7.72. The number of nitrogens with zero attached hydrogens (tertiary/aromatic N) is 2. The fraction of sp³-hybridized carbons (Fsp3) is 0.385. The summed E-state index contributed by atoms with van der Waals surface area (Å²) < 4.78 is 2.15. The van der Waals surface area contributed by atoms with Crippen molar-refractivity contribution in [2.45, 2.75) is 6.54 Å². The van der Waals surface area contributed by atoms with Crippen LogP contribution in [0.15, 0.2) is 30.5 Å². The minimum absolute atomic E-state index is 0.210. The lowest BCUT2D eigenvalue weighted by Crippen LogP contribution is -2.21. The molecule has 0 unspecified atom stereocenters. The van der Waals surface area contributed by atoms with E-state index in [1.54, 1.807) is 0 Å². The topological polar surface area (TPSA) is 28.4 Å². The fourth-order valence-corrected chi connectivity index (χ4v) is 2.09. The highest BCUT2D eigenvalue weighted by Crippen LogP contribution is 2.21. The van der Waals surface area contributed by atoms with Crippen LogP contribution >= 0.6 is 0 Å². The van der Waals surface area contributed by atoms with Gasteiger partial charge in [0.05, 0.1) is 6.61 Å². The Hall–Kier alpha value is -1.32. The van der Waals surface area contributed by atoms with E-state index in [0.717, 1.165) is 6.54 Å². The summed E-state index contributed by atoms with van der Waals surface area (Å²) in [6.45, 7) is 1.80. The molecule has 86 valence electrons. The van der Waals surface area contributed by atoms with E-state index in [0.29, 0.717) is 6.54 Å². The molecule has 0 amide bonds. The highest BCUT2D eigenvalue weighted by atomic mass is 16.3. The largest absolute Gasteiger partial charge is 0.395 e. The van der Waals surface area contributed by atoms with E-state index in [-0.39, 0.29) is 6.61 Å². The van der Waals surface area contributed by atoms with Crippen LogP contribution in [0.5, 0.6) is 0 Å². The molecule has 0 bridgehead atoms. The van der Waals surface area contributed by atoms with Crippen LogP contribution in [0.3, 0.4) is 0 Å². The van der Waals surface area contributed by atoms with Gasteiger partial charge in [0.15, 0.2) is 0 Å². The standard InChI is InChI=1S/C13H18N2O/c1-14(7-8-16)9-11-10-15(2)13-6-4-3-5-12(11)13/h3-6,10,16H,7-9H2,1-2H3. The molecule has 1 heterocycles. The zero-order chi connectivity index (χ0) is 11.5. The summed E-state index contributed by atoms with van der Waals surface area (Å²) in [6.07, 6.45) is 2.17. The summed E-state index contributed by atoms with van der Waals surface area (Å²) in [5, 5.41) is 10.2. The SMILES string of the molecule is CN(CCO)Cc1cn(C)c2ccccc12. The first kappa shape index (κ1) is 11.2. The Morgan fingerprint density at radius 3 is 2.81 bits per heavy atom. The highest BCUT2D eigenvalue weighted by molar-refractivity contribution is 5.83. The average molecular weight is 218 g/mol. The molecule has 3 heteroatoms. The third-order valence-corrected chi connectivity index (χ3v) is 2.90. The number of fused-ring (bicyclic) bond motifs is 1. The van der Waals surface area contributed by atoms with Crippen molar-refractivity contribution in [2.75, 3.05) is 20.2 Å². The van der Waals surface area contributed by atoms with Crippen molar-refractivity contribution >= 4 is 10.9 Å². The summed E-state index contributed by atoms with van der Waals surface area (Å²) in [6, 6.07) is 8.41. The van der Waals surface area contributed by atoms with Gasteiger partial charge in [-0.25, -0.2) is 0 Å². The van der Waals surface area contributed by atoms with Gasteiger partial charge in [-0.1, -0.05) is 18.2 Å². The average Bonchev–Trinajstić information content (AvgIpc) is 2.57. The molecule has 0 spiro atoms. The van der Waals surface area contributed by atoms with Crippen molar-refractivity contribution in [1.29, 1.82) is 0 Å². The second-order valence-electron chi connectivity index (χ2n) is 4.24. The Bertz CT molecular complexity index is 476. The van der Waals surface area contributed by atoms with Gasteiger partial charge in [0, 0.05) is 37.2 Å². The van der Waals surface area contributed by atoms with Crippen LogP contribution in [0.2, 0.25) is 0 Å². The maximum atomic E-state index is 8.89. The normalized spacial score (nSPS) is 11.5. The lowest BCUT2D eigenvalue weighted by molar-refractivity contribution is 0.217. The number of likely N-dealkylation sites (N-methyl/N-ethyl adjacent to an activating group) is 1. The van der Waals surface area contributed by atoms with Gasteiger partial charge in [0.2, 0.25) is 0 Å². The van der Waals surface area contributed by atoms with Gasteiger partial charge < -0.3 is 9.67 Å². The number of benzene rings is 1. The quantitative estimate of drug-likeness (QED) is 0.844. The molecule has 1 aromatic heterocycles. The van der Waals surface area contributed by atoms with Gasteiger partial charge in [-0.2, -0.15) is 0 Å². The summed E-state index contributed by atoms with van der Waals surface area (Å²) in [5.74, 6) is 0. The van der Waals surface area contributed by atoms with E-state index < -0.39 is 0 Å². The molecule has 1 N–H and O–H groups in total. The van der Waals surface area contributed by atoms with E-state index >= 15 is 0 Å². The van der Waals surface area contributed by atoms with Crippen LogP contribution in [0.1, 0.15) is 5.56 Å². The number of aromatic nitrogens is 1. The molecule has 0 atom stereocenters. The Balaban J connectivity index is 2.31. The van der Waals surface area contributed by atoms with E-state index in [2.05, 4.69) is 47.0 Å². The van der Waals surface area contributed by atoms with Gasteiger partial charge in [-0.15, -0.1) is 0 Å². The van der Waals surface area contributed by atoms with Crippen LogP contribution in [0.4, 0.5) is 0 Å². The molecule has 0 fully saturated rings. The minimum Gasteiger partial charge on any atom is -0.395 e. The third-order valence-electron chi connectivity index (χ3n) is 2.90. The molecule has 2 rings (SSSR count). The second kappa shape index (κ2) is 4.68. The van der Waals surface area contributed by atoms with Gasteiger partial charge in [0.25, 0.3) is 0 Å². The van der Waals surface area contributed by atoms with Crippen molar-refractivity contribution in [3.8, 4) is 0 Å². The van der Waals surface area contributed by atoms with Gasteiger partial charge in [-0.05, 0) is 18.7 Å². The number of para-hydroxylation sites is 1. The molecule has 0 saturated heterocycles. The summed E-state index contributed by atoms with van der Waals surface area (Å²) in [5.41, 5.74) is 2.57. The molecule has 0 aliphatic rings. The molecule has 1 aromatic carbocycles. The first-order valence-corrected chi connectivity index (χ1v) is 5.54. The summed E-state index contributed by atoms with van der Waals surface area (Å²) in [4.78, 5) is 2.13. The predicted octanol–water partition coefficient (Wildman–Crippen LogP) is 1.60. The molecule has 16 heavy (non-hydrogen) atoms. The van der Waals surface area contributed by atoms with Crippen molar-refractivity contribution in [2.24, 2.45) is 7.05 Å². The van der Waals surface area contributed by atoms with Gasteiger partial charge >= 0.3 is 0 Å². The smallest absolute Gasteiger partial charge is 0.0558 e. The van der Waals surface area contributed by atoms with E-state index in [9.17, 15) is 0 Å². The molecule has 0 saturated carbocycles. The number of aliphatic hydroxyl groups excluding tert-OH is 1. The Morgan fingerprint density at radius 2 is 2.06 bits per heavy atom. The van der Waals surface area contributed by atoms with Crippen molar-refractivity contribution in [1.82, 2.24) is 9.47 Å². The van der Waals surface area contributed by atoms with Crippen molar-refractivity contribution in [3.63, 3.8) is 0 Å². The van der Waals surface area contributed by atoms with Crippen LogP contribution in [-0.4, -0.2) is 34.8 Å². The minimum atomic E-state index is 0.210. The lowest BCUT2D eigenvalue weighted by Gasteiger charge is -2.13. The fourth-order valence-electron chi connectivity index (χ4n) is 2.09. The zero-order valence-electron chi connectivity index (χ0n) is 9.85. The van der Waals surface area contributed by atoms with Crippen LogP contribution < -0.4 is 0 Å². The van der Waals surface area contributed by atoms with E-state index in [1.807, 2.05) is 7.05 Å². The number of aryl methyl sites for hydroxylation is 1. The molecule has 0 radical (unpaired) electrons. The Kier molecular flexibility index (Phi) is 3.27. The first-order valence-electron chi connectivity index (χ1n) is 5.54. The molecule has 0 aliphatic carbocycles. The molecular formula is C13H18N2O. The second-order valence-corrected chi connectivity index (χ2v) is 4.24. The number of aliphatic hydroxyl groups is 1. The third kappa shape index (κ3) is 2.10. The zero-order valence-corrected chi connectivity index (χ0v) is 9.85. The predicted molar refractivity (Wildman–Crippen MR) is 66.3 cm³/mol. The monoisotopic (exact) mass is 218 g/mol. The van der Waals surface area contributed by atoms with Crippen molar-refractivity contribution in [3.05, 3.63) is 36.0 Å². The van der Waals surface area contributed by atoms with Crippen LogP contribution in [0, 0.1) is 0 Å². The van der Waals surface area contributed by atoms with E-state index in [4.69, 9.17) is 5.11 Å². The van der Waals surface area contributed by atoms with Crippen molar-refractivity contribution < 1.29 is 5.11 Å². The maximum absolute atomic E-state index is 8.89. The summed E-state index contributed by atoms with van der Waals surface area (Å²) in [7, 11) is 4.09. The molecular weight excluding hydrogens is 200 g/mol. The Morgan fingerprint density at radius 1 is 1.31 bits per heavy atom. The molecule has 2 aromatic rings. The Labute approximate surface area is 95.9 Å². The van der Waals surface area contributed by atoms with Gasteiger partial charge in [-0.3, -0.25) is 4.90 Å². The lowest BCUT2D eigenvalue weighted by atomic mass is 10.1. The highest BCUT2D eigenvalue weighted by Gasteiger charge is 2.07. The van der Waals surface area contributed by atoms with E-state index in [1.165, 1.54) is 16.5 Å². The summed E-state index contributed by atoms with van der Waals surface area (Å²) >= 11 is 0. The maximum Gasteiger partial charge on any atom is 0.0558 e. The number of hydrogen-bond donors (Lipinski definition) is 1. The number of hydrogen-bond acceptors (Lipinski definition) is 2. The molecule has 3 nitrogen and oxygen atoms in total. The molecule has 0 aliphatic heterocycles.